The second-order valence-electron chi connectivity index (χ2n) is 4.45. The molecule has 0 aromatic heterocycles. The van der Waals surface area contributed by atoms with Gasteiger partial charge in [0.1, 0.15) is 5.75 Å². The standard InChI is InChI=1S/C14H17NO3/c16-13-9-8-11(14(17)15-13)5-4-10-18-12-6-2-1-3-7-12/h1-3,6-7,11H,4-5,8-10H2,(H,15,16,17). The van der Waals surface area contributed by atoms with E-state index in [1.807, 2.05) is 30.3 Å². The second-order valence-corrected chi connectivity index (χ2v) is 4.45. The maximum absolute atomic E-state index is 11.5. The number of hydrogen-bond donors (Lipinski definition) is 1. The van der Waals surface area contributed by atoms with Gasteiger partial charge in [-0.2, -0.15) is 0 Å². The topological polar surface area (TPSA) is 55.4 Å². The summed E-state index contributed by atoms with van der Waals surface area (Å²) in [7, 11) is 0. The van der Waals surface area contributed by atoms with E-state index in [9.17, 15) is 9.59 Å². The van der Waals surface area contributed by atoms with Gasteiger partial charge in [-0.05, 0) is 31.4 Å². The molecule has 0 bridgehead atoms. The smallest absolute Gasteiger partial charge is 0.229 e. The zero-order valence-electron chi connectivity index (χ0n) is 10.2. The highest BCUT2D eigenvalue weighted by Gasteiger charge is 2.25. The Labute approximate surface area is 106 Å². The van der Waals surface area contributed by atoms with E-state index in [2.05, 4.69) is 5.32 Å². The molecular formula is C14H17NO3. The van der Waals surface area contributed by atoms with E-state index >= 15 is 0 Å². The highest BCUT2D eigenvalue weighted by atomic mass is 16.5. The summed E-state index contributed by atoms with van der Waals surface area (Å²) in [5.41, 5.74) is 0. The Bertz CT molecular complexity index is 416. The van der Waals surface area contributed by atoms with Gasteiger partial charge in [0.05, 0.1) is 6.61 Å². The van der Waals surface area contributed by atoms with Crippen molar-refractivity contribution in [3.63, 3.8) is 0 Å². The Hall–Kier alpha value is -1.84. The number of piperidine rings is 1. The van der Waals surface area contributed by atoms with Crippen LogP contribution in [0.5, 0.6) is 5.75 Å². The molecule has 1 fully saturated rings. The van der Waals surface area contributed by atoms with Crippen molar-refractivity contribution in [2.75, 3.05) is 6.61 Å². The molecule has 96 valence electrons. The first-order valence-corrected chi connectivity index (χ1v) is 6.27. The normalized spacial score (nSPS) is 19.4. The molecule has 0 aliphatic carbocycles. The van der Waals surface area contributed by atoms with Crippen molar-refractivity contribution in [2.45, 2.75) is 25.7 Å². The number of carbonyl (C=O) groups is 2. The van der Waals surface area contributed by atoms with E-state index in [1.165, 1.54) is 0 Å². The zero-order chi connectivity index (χ0) is 12.8. The summed E-state index contributed by atoms with van der Waals surface area (Å²) in [6.45, 7) is 0.599. The number of para-hydroxylation sites is 1. The molecule has 1 N–H and O–H groups in total. The lowest BCUT2D eigenvalue weighted by Gasteiger charge is -2.20. The van der Waals surface area contributed by atoms with Crippen LogP contribution >= 0.6 is 0 Å². The van der Waals surface area contributed by atoms with E-state index in [4.69, 9.17) is 4.74 Å². The number of imide groups is 1. The molecule has 4 heteroatoms. The van der Waals surface area contributed by atoms with Crippen LogP contribution in [-0.2, 0) is 9.59 Å². The van der Waals surface area contributed by atoms with Gasteiger partial charge in [0, 0.05) is 12.3 Å². The Kier molecular flexibility index (Phi) is 4.34. The van der Waals surface area contributed by atoms with Crippen molar-refractivity contribution in [2.24, 2.45) is 5.92 Å². The van der Waals surface area contributed by atoms with Gasteiger partial charge >= 0.3 is 0 Å². The minimum Gasteiger partial charge on any atom is -0.494 e. The van der Waals surface area contributed by atoms with Gasteiger partial charge in [-0.3, -0.25) is 14.9 Å². The first kappa shape index (κ1) is 12.6. The lowest BCUT2D eigenvalue weighted by atomic mass is 9.94. The second kappa shape index (κ2) is 6.19. The predicted molar refractivity (Wildman–Crippen MR) is 67.0 cm³/mol. The van der Waals surface area contributed by atoms with Gasteiger partial charge in [-0.25, -0.2) is 0 Å². The Morgan fingerprint density at radius 2 is 2.00 bits per heavy atom. The van der Waals surface area contributed by atoms with Crippen molar-refractivity contribution in [1.82, 2.24) is 5.32 Å². The fraction of sp³-hybridized carbons (Fsp3) is 0.429. The molecule has 1 aliphatic heterocycles. The maximum atomic E-state index is 11.5. The Balaban J connectivity index is 1.67. The van der Waals surface area contributed by atoms with E-state index < -0.39 is 0 Å². The number of hydrogen-bond acceptors (Lipinski definition) is 3. The molecule has 1 aromatic rings. The fourth-order valence-corrected chi connectivity index (χ4v) is 2.05. The van der Waals surface area contributed by atoms with E-state index in [0.717, 1.165) is 18.6 Å². The van der Waals surface area contributed by atoms with Crippen molar-refractivity contribution in [3.8, 4) is 5.75 Å². The molecule has 0 spiro atoms. The van der Waals surface area contributed by atoms with Crippen LogP contribution in [-0.4, -0.2) is 18.4 Å². The molecule has 0 saturated carbocycles. The third kappa shape index (κ3) is 3.58. The SMILES string of the molecule is O=C1CCC(CCCOc2ccccc2)C(=O)N1. The van der Waals surface area contributed by atoms with E-state index in [0.29, 0.717) is 19.4 Å². The number of rotatable bonds is 5. The molecule has 1 aromatic carbocycles. The van der Waals surface area contributed by atoms with Crippen LogP contribution in [0.1, 0.15) is 25.7 Å². The summed E-state index contributed by atoms with van der Waals surface area (Å²) in [5, 5.41) is 2.37. The van der Waals surface area contributed by atoms with Gasteiger partial charge < -0.3 is 4.74 Å². The molecule has 1 aliphatic rings. The minimum absolute atomic E-state index is 0.0397. The minimum atomic E-state index is -0.156. The molecule has 1 atom stereocenters. The molecule has 18 heavy (non-hydrogen) atoms. The van der Waals surface area contributed by atoms with Crippen LogP contribution in [0.3, 0.4) is 0 Å². The van der Waals surface area contributed by atoms with Crippen LogP contribution in [0.25, 0.3) is 0 Å². The summed E-state index contributed by atoms with van der Waals surface area (Å²) in [6.07, 6.45) is 2.71. The molecule has 1 unspecified atom stereocenters. The third-order valence-corrected chi connectivity index (χ3v) is 3.06. The fourth-order valence-electron chi connectivity index (χ4n) is 2.05. The van der Waals surface area contributed by atoms with Crippen LogP contribution < -0.4 is 10.1 Å². The number of carbonyl (C=O) groups excluding carboxylic acids is 2. The average Bonchev–Trinajstić information content (AvgIpc) is 2.38. The van der Waals surface area contributed by atoms with Crippen molar-refractivity contribution >= 4 is 11.8 Å². The van der Waals surface area contributed by atoms with E-state index in [-0.39, 0.29) is 17.7 Å². The molecular weight excluding hydrogens is 230 g/mol. The molecule has 1 saturated heterocycles. The van der Waals surface area contributed by atoms with Crippen LogP contribution in [0, 0.1) is 5.92 Å². The Morgan fingerprint density at radius 1 is 1.22 bits per heavy atom. The number of amides is 2. The number of benzene rings is 1. The summed E-state index contributed by atoms with van der Waals surface area (Å²) in [5.74, 6) is 0.519. The monoisotopic (exact) mass is 247 g/mol. The molecule has 1 heterocycles. The largest absolute Gasteiger partial charge is 0.494 e. The number of ether oxygens (including phenoxy) is 1. The highest BCUT2D eigenvalue weighted by molar-refractivity contribution is 5.98. The van der Waals surface area contributed by atoms with Crippen molar-refractivity contribution in [1.29, 1.82) is 0 Å². The quantitative estimate of drug-likeness (QED) is 0.638. The van der Waals surface area contributed by atoms with Crippen molar-refractivity contribution < 1.29 is 14.3 Å². The third-order valence-electron chi connectivity index (χ3n) is 3.06. The van der Waals surface area contributed by atoms with Gasteiger partial charge in [-0.15, -0.1) is 0 Å². The lowest BCUT2D eigenvalue weighted by Crippen LogP contribution is -2.40. The highest BCUT2D eigenvalue weighted by Crippen LogP contribution is 2.18. The first-order valence-electron chi connectivity index (χ1n) is 6.27. The van der Waals surface area contributed by atoms with Crippen LogP contribution in [0.4, 0.5) is 0 Å². The van der Waals surface area contributed by atoms with Gasteiger partial charge in [0.2, 0.25) is 11.8 Å². The molecule has 0 radical (unpaired) electrons. The van der Waals surface area contributed by atoms with E-state index in [1.54, 1.807) is 0 Å². The van der Waals surface area contributed by atoms with Crippen molar-refractivity contribution in [3.05, 3.63) is 30.3 Å². The first-order chi connectivity index (χ1) is 8.75. The van der Waals surface area contributed by atoms with Gasteiger partial charge in [-0.1, -0.05) is 18.2 Å². The lowest BCUT2D eigenvalue weighted by molar-refractivity contribution is -0.136. The maximum Gasteiger partial charge on any atom is 0.229 e. The van der Waals surface area contributed by atoms with Gasteiger partial charge in [0.25, 0.3) is 0 Å². The molecule has 4 nitrogen and oxygen atoms in total. The molecule has 2 amide bonds. The number of nitrogens with one attached hydrogen (secondary N) is 1. The van der Waals surface area contributed by atoms with Gasteiger partial charge in [0.15, 0.2) is 0 Å². The summed E-state index contributed by atoms with van der Waals surface area (Å²) in [4.78, 5) is 22.5. The summed E-state index contributed by atoms with van der Waals surface area (Å²) >= 11 is 0. The zero-order valence-corrected chi connectivity index (χ0v) is 10.2. The summed E-state index contributed by atoms with van der Waals surface area (Å²) < 4.78 is 5.55. The average molecular weight is 247 g/mol. The Morgan fingerprint density at radius 3 is 2.72 bits per heavy atom. The van der Waals surface area contributed by atoms with Crippen LogP contribution in [0.2, 0.25) is 0 Å². The van der Waals surface area contributed by atoms with Crippen LogP contribution in [0.15, 0.2) is 30.3 Å². The predicted octanol–water partition coefficient (Wildman–Crippen LogP) is 1.90. The summed E-state index contributed by atoms with van der Waals surface area (Å²) in [6, 6.07) is 9.61. The molecule has 2 rings (SSSR count).